The van der Waals surface area contributed by atoms with Crippen LogP contribution in [0.2, 0.25) is 0 Å². The van der Waals surface area contributed by atoms with Crippen LogP contribution in [0.15, 0.2) is 36.7 Å². The average Bonchev–Trinajstić information content (AvgIpc) is 3.13. The Balaban J connectivity index is 1.70. The lowest BCUT2D eigenvalue weighted by Crippen LogP contribution is -2.49. The number of likely N-dealkylation sites (tertiary alicyclic amines) is 1. The molecule has 1 aliphatic heterocycles. The van der Waals surface area contributed by atoms with E-state index in [0.29, 0.717) is 22.7 Å². The van der Waals surface area contributed by atoms with Gasteiger partial charge in [0.15, 0.2) is 0 Å². The number of rotatable bonds is 2. The van der Waals surface area contributed by atoms with Crippen LogP contribution in [-0.2, 0) is 0 Å². The number of fused-ring (bicyclic) bond motifs is 1. The van der Waals surface area contributed by atoms with E-state index in [9.17, 15) is 13.6 Å². The lowest BCUT2D eigenvalue weighted by atomic mass is 9.91. The number of alkyl halides is 2. The molecule has 28 heavy (non-hydrogen) atoms. The minimum absolute atomic E-state index is 0.115. The third kappa shape index (κ3) is 3.29. The van der Waals surface area contributed by atoms with Crippen LogP contribution < -0.4 is 0 Å². The van der Waals surface area contributed by atoms with Gasteiger partial charge in [-0.2, -0.15) is 15.3 Å². The average molecular weight is 382 g/mol. The molecule has 4 rings (SSSR count). The van der Waals surface area contributed by atoms with Crippen molar-refractivity contribution in [3.05, 3.63) is 59.2 Å². The highest BCUT2D eigenvalue weighted by atomic mass is 19.3. The summed E-state index contributed by atoms with van der Waals surface area (Å²) < 4.78 is 30.5. The van der Waals surface area contributed by atoms with Crippen molar-refractivity contribution in [2.75, 3.05) is 13.1 Å². The van der Waals surface area contributed by atoms with Crippen LogP contribution in [0.4, 0.5) is 8.78 Å². The number of halogens is 2. The summed E-state index contributed by atoms with van der Waals surface area (Å²) in [4.78, 5) is 22.3. The number of piperidine rings is 1. The summed E-state index contributed by atoms with van der Waals surface area (Å²) in [6, 6.07) is 9.72. The van der Waals surface area contributed by atoms with Gasteiger partial charge in [0.25, 0.3) is 17.6 Å². The maximum Gasteiger partial charge on any atom is 0.266 e. The summed E-state index contributed by atoms with van der Waals surface area (Å²) in [6.07, 6.45) is 0.927. The number of nitrogens with zero attached hydrogens (tertiary/aromatic N) is 6. The van der Waals surface area contributed by atoms with Crippen LogP contribution in [0.3, 0.4) is 0 Å². The molecule has 1 fully saturated rings. The first-order valence-electron chi connectivity index (χ1n) is 8.71. The molecule has 3 aromatic rings. The number of hydrogen-bond donors (Lipinski definition) is 0. The molecule has 1 amide bonds. The smallest absolute Gasteiger partial charge is 0.266 e. The predicted molar refractivity (Wildman–Crippen MR) is 94.9 cm³/mol. The fourth-order valence-corrected chi connectivity index (χ4v) is 3.61. The molecule has 3 heterocycles. The standard InChI is InChI=1S/C19H16F2N6O/c1-12-5-16(27-18(25-12)23-11-24-27)15-7-19(20,21)10-26(9-15)17(28)14-4-2-3-13(6-14)8-22/h2-6,11,15H,7,9-10H2,1H3. The van der Waals surface area contributed by atoms with Crippen molar-refractivity contribution in [2.24, 2.45) is 0 Å². The summed E-state index contributed by atoms with van der Waals surface area (Å²) in [7, 11) is 0. The first-order valence-corrected chi connectivity index (χ1v) is 8.71. The summed E-state index contributed by atoms with van der Waals surface area (Å²) in [5.41, 5.74) is 1.71. The van der Waals surface area contributed by atoms with Crippen molar-refractivity contribution in [1.29, 1.82) is 5.26 Å². The van der Waals surface area contributed by atoms with Gasteiger partial charge in [-0.25, -0.2) is 18.3 Å². The Labute approximate surface area is 159 Å². The zero-order valence-corrected chi connectivity index (χ0v) is 15.0. The van der Waals surface area contributed by atoms with Crippen molar-refractivity contribution < 1.29 is 13.6 Å². The Kier molecular flexibility index (Phi) is 4.26. The van der Waals surface area contributed by atoms with E-state index in [1.165, 1.54) is 23.0 Å². The molecule has 142 valence electrons. The topological polar surface area (TPSA) is 87.2 Å². The highest BCUT2D eigenvalue weighted by Gasteiger charge is 2.43. The molecule has 0 aliphatic carbocycles. The molecule has 1 aliphatic rings. The Morgan fingerprint density at radius 1 is 1.36 bits per heavy atom. The quantitative estimate of drug-likeness (QED) is 0.680. The van der Waals surface area contributed by atoms with E-state index in [2.05, 4.69) is 15.1 Å². The van der Waals surface area contributed by atoms with Gasteiger partial charge < -0.3 is 4.90 Å². The summed E-state index contributed by atoms with van der Waals surface area (Å²) in [6.45, 7) is 1.21. The molecule has 1 saturated heterocycles. The van der Waals surface area contributed by atoms with Crippen molar-refractivity contribution in [3.63, 3.8) is 0 Å². The molecule has 2 aromatic heterocycles. The van der Waals surface area contributed by atoms with Gasteiger partial charge in [0.05, 0.1) is 23.9 Å². The molecule has 1 atom stereocenters. The monoisotopic (exact) mass is 382 g/mol. The SMILES string of the molecule is Cc1cc(C2CN(C(=O)c3cccc(C#N)c3)CC(F)(F)C2)n2ncnc2n1. The molecule has 1 aromatic carbocycles. The number of carbonyl (C=O) groups is 1. The van der Waals surface area contributed by atoms with E-state index in [0.717, 1.165) is 4.90 Å². The van der Waals surface area contributed by atoms with Gasteiger partial charge in [0, 0.05) is 30.1 Å². The van der Waals surface area contributed by atoms with E-state index in [1.807, 2.05) is 6.07 Å². The van der Waals surface area contributed by atoms with Gasteiger partial charge in [-0.15, -0.1) is 0 Å². The molecule has 1 unspecified atom stereocenters. The predicted octanol–water partition coefficient (Wildman–Crippen LogP) is 2.57. The minimum atomic E-state index is -3.05. The molecule has 0 bridgehead atoms. The molecule has 0 spiro atoms. The van der Waals surface area contributed by atoms with Crippen molar-refractivity contribution in [3.8, 4) is 6.07 Å². The van der Waals surface area contributed by atoms with E-state index in [1.54, 1.807) is 25.1 Å². The number of aryl methyl sites for hydroxylation is 1. The van der Waals surface area contributed by atoms with Crippen molar-refractivity contribution >= 4 is 11.7 Å². The minimum Gasteiger partial charge on any atom is -0.332 e. The number of carbonyl (C=O) groups excluding carboxylic acids is 1. The van der Waals surface area contributed by atoms with Crippen LogP contribution in [0, 0.1) is 18.3 Å². The Bertz CT molecular complexity index is 1100. The number of nitriles is 1. The molecule has 0 saturated carbocycles. The van der Waals surface area contributed by atoms with Crippen LogP contribution in [0.25, 0.3) is 5.78 Å². The molecule has 9 heteroatoms. The van der Waals surface area contributed by atoms with E-state index in [4.69, 9.17) is 5.26 Å². The Hall–Kier alpha value is -3.41. The highest BCUT2D eigenvalue weighted by molar-refractivity contribution is 5.94. The van der Waals surface area contributed by atoms with Crippen molar-refractivity contribution in [2.45, 2.75) is 25.2 Å². The van der Waals surface area contributed by atoms with E-state index >= 15 is 0 Å². The number of hydrogen-bond acceptors (Lipinski definition) is 5. The highest BCUT2D eigenvalue weighted by Crippen LogP contribution is 2.36. The van der Waals surface area contributed by atoms with Gasteiger partial charge in [-0.05, 0) is 31.2 Å². The van der Waals surface area contributed by atoms with Gasteiger partial charge in [-0.3, -0.25) is 4.79 Å². The maximum atomic E-state index is 14.5. The zero-order valence-electron chi connectivity index (χ0n) is 15.0. The lowest BCUT2D eigenvalue weighted by Gasteiger charge is -2.37. The zero-order chi connectivity index (χ0) is 19.9. The molecular formula is C19H16F2N6O. The van der Waals surface area contributed by atoms with Crippen LogP contribution in [0.1, 0.15) is 39.6 Å². The number of aromatic nitrogens is 4. The fraction of sp³-hybridized carbons (Fsp3) is 0.316. The molecule has 0 radical (unpaired) electrons. The normalized spacial score (nSPS) is 18.8. The second-order valence-corrected chi connectivity index (χ2v) is 6.93. The maximum absolute atomic E-state index is 14.5. The Morgan fingerprint density at radius 2 is 2.18 bits per heavy atom. The third-order valence-electron chi connectivity index (χ3n) is 4.76. The number of benzene rings is 1. The van der Waals surface area contributed by atoms with Crippen molar-refractivity contribution in [1.82, 2.24) is 24.5 Å². The summed E-state index contributed by atoms with van der Waals surface area (Å²) >= 11 is 0. The first kappa shape index (κ1) is 18.0. The second-order valence-electron chi connectivity index (χ2n) is 6.93. The summed E-state index contributed by atoms with van der Waals surface area (Å²) in [5.74, 6) is -3.86. The third-order valence-corrected chi connectivity index (χ3v) is 4.76. The Morgan fingerprint density at radius 3 is 2.96 bits per heavy atom. The second kappa shape index (κ2) is 6.64. The molecular weight excluding hydrogens is 366 g/mol. The lowest BCUT2D eigenvalue weighted by molar-refractivity contribution is -0.0641. The van der Waals surface area contributed by atoms with Gasteiger partial charge in [0.2, 0.25) is 0 Å². The molecule has 7 nitrogen and oxygen atoms in total. The van der Waals surface area contributed by atoms with Gasteiger partial charge in [0.1, 0.15) is 6.33 Å². The fourth-order valence-electron chi connectivity index (χ4n) is 3.61. The van der Waals surface area contributed by atoms with E-state index < -0.39 is 30.7 Å². The first-order chi connectivity index (χ1) is 13.4. The summed E-state index contributed by atoms with van der Waals surface area (Å²) in [5, 5.41) is 13.1. The molecule has 0 N–H and O–H groups in total. The van der Waals surface area contributed by atoms with Gasteiger partial charge in [-0.1, -0.05) is 6.07 Å². The van der Waals surface area contributed by atoms with Crippen LogP contribution in [-0.4, -0.2) is 49.4 Å². The number of amides is 1. The largest absolute Gasteiger partial charge is 0.332 e. The van der Waals surface area contributed by atoms with Gasteiger partial charge >= 0.3 is 0 Å². The van der Waals surface area contributed by atoms with E-state index in [-0.39, 0.29) is 12.1 Å². The van der Waals surface area contributed by atoms with Crippen LogP contribution >= 0.6 is 0 Å². The van der Waals surface area contributed by atoms with Crippen LogP contribution in [0.5, 0.6) is 0 Å².